The van der Waals surface area contributed by atoms with Crippen molar-refractivity contribution in [1.82, 2.24) is 14.5 Å². The Labute approximate surface area is 388 Å². The maximum atomic E-state index is 14.2. The molecule has 2 atom stereocenters. The highest BCUT2D eigenvalue weighted by Crippen LogP contribution is 2.79. The molecule has 66 heavy (non-hydrogen) atoms. The molecule has 2 aliphatic heterocycles. The van der Waals surface area contributed by atoms with Gasteiger partial charge in [-0.25, -0.2) is 30.3 Å². The standard InChI is InChI=1S/C47H58F5N5O6S3/c1-44(2)17-14-33(39(25-44)45-29-46(30-45,31-45)43(48)49)26-56-20-22-57(23-21-56)35-10-8-32(9-11-35)42(59)54-66(62,63)38-12-13-40(41(24-38)65(60,61)47(50,51)52)53-34(15-18-55-19-16-36(58)27-55)28-64-37-6-4-3-5-7-37/h3-13,24,34,36,43,53,58H,14-23,25-31H2,1-2H3,(H,54,59)/t34-,36?,45?,46?/m1/s1. The zero-order valence-corrected chi connectivity index (χ0v) is 39.6. The highest BCUT2D eigenvalue weighted by Gasteiger charge is 2.73. The Morgan fingerprint density at radius 2 is 1.59 bits per heavy atom. The van der Waals surface area contributed by atoms with Crippen LogP contribution in [0.15, 0.2) is 98.6 Å². The van der Waals surface area contributed by atoms with Crippen molar-refractivity contribution in [3.8, 4) is 0 Å². The Bertz CT molecular complexity index is 2500. The van der Waals surface area contributed by atoms with Crippen LogP contribution in [-0.2, 0) is 19.9 Å². The Balaban J connectivity index is 0.917. The highest BCUT2D eigenvalue weighted by atomic mass is 32.2. The summed E-state index contributed by atoms with van der Waals surface area (Å²) in [6, 6.07) is 17.3. The van der Waals surface area contributed by atoms with Crippen LogP contribution in [0.25, 0.3) is 0 Å². The molecule has 3 aromatic carbocycles. The number of sulfone groups is 1. The first-order valence-corrected chi connectivity index (χ1v) is 26.5. The van der Waals surface area contributed by atoms with Crippen LogP contribution in [0.2, 0.25) is 0 Å². The number of benzene rings is 3. The number of hydrogen-bond acceptors (Lipinski definition) is 11. The lowest BCUT2D eigenvalue weighted by Crippen LogP contribution is -2.66. The lowest BCUT2D eigenvalue weighted by molar-refractivity contribution is -0.250. The third kappa shape index (κ3) is 10.3. The molecule has 9 rings (SSSR count). The third-order valence-electron chi connectivity index (χ3n) is 14.3. The van der Waals surface area contributed by atoms with E-state index < -0.39 is 70.7 Å². The van der Waals surface area contributed by atoms with Gasteiger partial charge >= 0.3 is 5.51 Å². The van der Waals surface area contributed by atoms with Crippen LogP contribution in [0.3, 0.4) is 0 Å². The molecular formula is C47H58F5N5O6S3. The van der Waals surface area contributed by atoms with Crippen LogP contribution in [0.4, 0.5) is 33.3 Å². The van der Waals surface area contributed by atoms with Crippen LogP contribution in [0.5, 0.6) is 0 Å². The molecule has 0 radical (unpaired) electrons. The molecule has 5 fully saturated rings. The van der Waals surface area contributed by atoms with Crippen LogP contribution >= 0.6 is 11.8 Å². The van der Waals surface area contributed by atoms with E-state index in [0.29, 0.717) is 76.6 Å². The molecular weight excluding hydrogens is 922 g/mol. The number of nitrogens with zero attached hydrogens (tertiary/aromatic N) is 3. The number of β-amino-alcohol motifs (C(OH)–C–C–N with tert-alkyl or cyclic N) is 1. The van der Waals surface area contributed by atoms with Gasteiger partial charge < -0.3 is 20.2 Å². The predicted molar refractivity (Wildman–Crippen MR) is 245 cm³/mol. The van der Waals surface area contributed by atoms with Crippen LogP contribution in [-0.4, -0.2) is 120 Å². The summed E-state index contributed by atoms with van der Waals surface area (Å²) in [5.41, 5.74) is -3.28. The number of anilines is 2. The number of alkyl halides is 5. The number of nitrogens with one attached hydrogen (secondary N) is 2. The highest BCUT2D eigenvalue weighted by molar-refractivity contribution is 7.99. The summed E-state index contributed by atoms with van der Waals surface area (Å²) in [6.45, 7) is 9.81. The summed E-state index contributed by atoms with van der Waals surface area (Å²) in [7, 11) is -11.0. The number of thioether (sulfide) groups is 1. The molecule has 3 aromatic rings. The van der Waals surface area contributed by atoms with Crippen molar-refractivity contribution < 1.29 is 48.7 Å². The van der Waals surface area contributed by atoms with Crippen molar-refractivity contribution in [2.24, 2.45) is 16.2 Å². The Hall–Kier alpha value is -3.75. The van der Waals surface area contributed by atoms with E-state index in [1.54, 1.807) is 12.1 Å². The molecule has 0 spiro atoms. The zero-order valence-electron chi connectivity index (χ0n) is 37.1. The summed E-state index contributed by atoms with van der Waals surface area (Å²) in [4.78, 5) is 18.6. The molecule has 2 saturated heterocycles. The SMILES string of the molecule is CC1(C)CCC(CN2CCN(c3ccc(C(=O)NS(=O)(=O)c4ccc(N[C@H](CCN5CCC(O)C5)CSc5ccccc5)c(S(=O)(=O)C(F)(F)F)c4)cc3)CC2)=C(C23CC(C(F)F)(C2)C3)C1. The fraction of sp³-hybridized carbons (Fsp3) is 0.553. The average Bonchev–Trinajstić information content (AvgIpc) is 3.66. The predicted octanol–water partition coefficient (Wildman–Crippen LogP) is 8.19. The van der Waals surface area contributed by atoms with Gasteiger partial charge in [0.25, 0.3) is 25.8 Å². The fourth-order valence-corrected chi connectivity index (χ4v) is 13.6. The van der Waals surface area contributed by atoms with E-state index in [4.69, 9.17) is 0 Å². The van der Waals surface area contributed by atoms with E-state index in [9.17, 15) is 48.7 Å². The zero-order chi connectivity index (χ0) is 47.3. The maximum Gasteiger partial charge on any atom is 0.501 e. The van der Waals surface area contributed by atoms with Gasteiger partial charge in [-0.3, -0.25) is 9.69 Å². The topological polar surface area (TPSA) is 139 Å². The van der Waals surface area contributed by atoms with Gasteiger partial charge in [0.05, 0.1) is 16.7 Å². The molecule has 6 aliphatic rings. The van der Waals surface area contributed by atoms with Gasteiger partial charge in [-0.2, -0.15) is 13.2 Å². The van der Waals surface area contributed by atoms with Crippen molar-refractivity contribution in [3.05, 3.63) is 89.5 Å². The molecule has 1 amide bonds. The van der Waals surface area contributed by atoms with E-state index in [-0.39, 0.29) is 16.4 Å². The number of rotatable bonds is 17. The third-order valence-corrected chi connectivity index (χ3v) is 18.4. The fourth-order valence-electron chi connectivity index (χ4n) is 10.6. The second kappa shape index (κ2) is 18.6. The van der Waals surface area contributed by atoms with E-state index in [2.05, 4.69) is 29.0 Å². The number of allylic oxidation sites excluding steroid dienone is 1. The average molecular weight is 980 g/mol. The minimum atomic E-state index is -6.09. The Kier molecular flexibility index (Phi) is 13.7. The molecule has 360 valence electrons. The van der Waals surface area contributed by atoms with E-state index in [0.717, 1.165) is 61.6 Å². The van der Waals surface area contributed by atoms with Crippen molar-refractivity contribution in [3.63, 3.8) is 0 Å². The number of hydrogen-bond donors (Lipinski definition) is 3. The monoisotopic (exact) mass is 979 g/mol. The van der Waals surface area contributed by atoms with Crippen LogP contribution in [0, 0.1) is 16.2 Å². The van der Waals surface area contributed by atoms with Crippen LogP contribution < -0.4 is 14.9 Å². The first-order valence-electron chi connectivity index (χ1n) is 22.5. The Morgan fingerprint density at radius 1 is 0.909 bits per heavy atom. The number of aliphatic hydroxyl groups excluding tert-OH is 1. The minimum Gasteiger partial charge on any atom is -0.392 e. The number of likely N-dealkylation sites (tertiary alicyclic amines) is 1. The van der Waals surface area contributed by atoms with Crippen LogP contribution in [0.1, 0.15) is 75.6 Å². The molecule has 3 N–H and O–H groups in total. The molecule has 3 saturated carbocycles. The molecule has 11 nitrogen and oxygen atoms in total. The summed E-state index contributed by atoms with van der Waals surface area (Å²) < 4.78 is 125. The summed E-state index contributed by atoms with van der Waals surface area (Å²) in [5, 5.41) is 12.9. The van der Waals surface area contributed by atoms with Gasteiger partial charge in [0.1, 0.15) is 4.90 Å². The number of carbonyl (C=O) groups excluding carboxylic acids is 1. The van der Waals surface area contributed by atoms with Crippen molar-refractivity contribution in [1.29, 1.82) is 0 Å². The molecule has 2 heterocycles. The normalized spacial score (nSPS) is 25.3. The van der Waals surface area contributed by atoms with Gasteiger partial charge in [0, 0.05) is 85.7 Å². The number of amides is 1. The second-order valence-corrected chi connectivity index (χ2v) is 24.4. The largest absolute Gasteiger partial charge is 0.501 e. The van der Waals surface area contributed by atoms with Gasteiger partial charge in [0.2, 0.25) is 6.43 Å². The van der Waals surface area contributed by atoms with E-state index in [1.165, 1.54) is 35.0 Å². The number of aliphatic hydroxyl groups is 1. The first kappa shape index (κ1) is 48.7. The Morgan fingerprint density at radius 3 is 2.21 bits per heavy atom. The van der Waals surface area contributed by atoms with E-state index in [1.807, 2.05) is 40.0 Å². The number of sulfonamides is 1. The second-order valence-electron chi connectivity index (χ2n) is 19.7. The quantitative estimate of drug-likeness (QED) is 0.0686. The molecule has 19 heteroatoms. The summed E-state index contributed by atoms with van der Waals surface area (Å²) >= 11 is 1.41. The van der Waals surface area contributed by atoms with Gasteiger partial charge in [-0.15, -0.1) is 11.8 Å². The van der Waals surface area contributed by atoms with E-state index >= 15 is 0 Å². The molecule has 2 bridgehead atoms. The molecule has 1 unspecified atom stereocenters. The van der Waals surface area contributed by atoms with Gasteiger partial charge in [-0.05, 0) is 117 Å². The molecule has 4 aliphatic carbocycles. The maximum absolute atomic E-state index is 14.2. The first-order chi connectivity index (χ1) is 31.1. The number of piperazine rings is 1. The van der Waals surface area contributed by atoms with Crippen molar-refractivity contribution in [2.45, 2.75) is 104 Å². The summed E-state index contributed by atoms with van der Waals surface area (Å²) in [6.07, 6.45) is 3.00. The lowest BCUT2D eigenvalue weighted by atomic mass is 9.32. The van der Waals surface area contributed by atoms with Gasteiger partial charge in [-0.1, -0.05) is 43.2 Å². The van der Waals surface area contributed by atoms with Gasteiger partial charge in [0.15, 0.2) is 0 Å². The smallest absolute Gasteiger partial charge is 0.392 e. The summed E-state index contributed by atoms with van der Waals surface area (Å²) in [5.74, 6) is -0.730. The minimum absolute atomic E-state index is 0.0337. The lowest BCUT2D eigenvalue weighted by Gasteiger charge is -2.72. The molecule has 0 aromatic heterocycles. The number of carbonyl (C=O) groups is 1. The number of halogens is 5. The van der Waals surface area contributed by atoms with Crippen molar-refractivity contribution >= 4 is 48.9 Å². The van der Waals surface area contributed by atoms with Crippen molar-refractivity contribution in [2.75, 3.05) is 68.3 Å².